The Balaban J connectivity index is 3.72. The minimum absolute atomic E-state index is 0.387. The van der Waals surface area contributed by atoms with Crippen molar-refractivity contribution < 1.29 is 0 Å². The van der Waals surface area contributed by atoms with Crippen LogP contribution in [0.5, 0.6) is 0 Å². The summed E-state index contributed by atoms with van der Waals surface area (Å²) >= 11 is 0. The molecule has 0 aliphatic heterocycles. The molecule has 0 heterocycles. The van der Waals surface area contributed by atoms with Crippen molar-refractivity contribution in [3.8, 4) is 0 Å². The molecule has 0 spiro atoms. The first-order chi connectivity index (χ1) is 6.26. The monoisotopic (exact) mass is 186 g/mol. The van der Waals surface area contributed by atoms with E-state index in [1.54, 1.807) is 0 Å². The van der Waals surface area contributed by atoms with Crippen molar-refractivity contribution >= 4 is 0 Å². The van der Waals surface area contributed by atoms with Gasteiger partial charge in [-0.3, -0.25) is 0 Å². The van der Waals surface area contributed by atoms with Crippen molar-refractivity contribution in [1.29, 1.82) is 0 Å². The molecular weight excluding hydrogens is 160 g/mol. The van der Waals surface area contributed by atoms with Crippen molar-refractivity contribution in [1.82, 2.24) is 0 Å². The van der Waals surface area contributed by atoms with E-state index in [1.165, 1.54) is 25.7 Å². The molecule has 0 amide bonds. The lowest BCUT2D eigenvalue weighted by Crippen LogP contribution is -2.29. The Kier molecular flexibility index (Phi) is 8.46. The highest BCUT2D eigenvalue weighted by molar-refractivity contribution is 4.71. The molecular formula is C11H26N2. The van der Waals surface area contributed by atoms with E-state index in [1.807, 2.05) is 0 Å². The maximum Gasteiger partial charge on any atom is 0.00645 e. The van der Waals surface area contributed by atoms with E-state index < -0.39 is 0 Å². The standard InChI is InChI=1S/C11H26N2/c1-3-5-7-10(8-6-9-12)11(13)4-2/h10-11H,3-9,12-13H2,1-2H3. The smallest absolute Gasteiger partial charge is 0.00645 e. The van der Waals surface area contributed by atoms with Gasteiger partial charge in [-0.2, -0.15) is 0 Å². The molecule has 2 unspecified atom stereocenters. The Labute approximate surface area is 83.1 Å². The Bertz CT molecular complexity index is 96.3. The molecule has 0 radical (unpaired) electrons. The van der Waals surface area contributed by atoms with Gasteiger partial charge in [0.1, 0.15) is 0 Å². The molecule has 0 saturated heterocycles. The van der Waals surface area contributed by atoms with Crippen molar-refractivity contribution in [3.63, 3.8) is 0 Å². The first-order valence-electron chi connectivity index (χ1n) is 5.71. The summed E-state index contributed by atoms with van der Waals surface area (Å²) in [5.41, 5.74) is 11.6. The maximum atomic E-state index is 6.06. The van der Waals surface area contributed by atoms with Gasteiger partial charge in [0.2, 0.25) is 0 Å². The van der Waals surface area contributed by atoms with Crippen LogP contribution in [0.1, 0.15) is 52.4 Å². The number of hydrogen-bond acceptors (Lipinski definition) is 2. The summed E-state index contributed by atoms with van der Waals surface area (Å²) in [6.45, 7) is 5.21. The molecule has 0 aromatic rings. The molecule has 4 N–H and O–H groups in total. The highest BCUT2D eigenvalue weighted by Gasteiger charge is 2.14. The number of nitrogens with two attached hydrogens (primary N) is 2. The minimum atomic E-state index is 0.387. The lowest BCUT2D eigenvalue weighted by molar-refractivity contribution is 0.345. The minimum Gasteiger partial charge on any atom is -0.330 e. The highest BCUT2D eigenvalue weighted by atomic mass is 14.6. The van der Waals surface area contributed by atoms with Crippen molar-refractivity contribution in [3.05, 3.63) is 0 Å². The fourth-order valence-electron chi connectivity index (χ4n) is 1.75. The first-order valence-corrected chi connectivity index (χ1v) is 5.71. The average molecular weight is 186 g/mol. The van der Waals surface area contributed by atoms with E-state index in [9.17, 15) is 0 Å². The van der Waals surface area contributed by atoms with Gasteiger partial charge in [-0.25, -0.2) is 0 Å². The van der Waals surface area contributed by atoms with Crippen LogP contribution in [0.25, 0.3) is 0 Å². The van der Waals surface area contributed by atoms with Gasteiger partial charge in [-0.05, 0) is 38.1 Å². The summed E-state index contributed by atoms with van der Waals surface area (Å²) < 4.78 is 0. The second-order valence-electron chi connectivity index (χ2n) is 3.91. The lowest BCUT2D eigenvalue weighted by Gasteiger charge is -2.22. The Morgan fingerprint density at radius 2 is 1.69 bits per heavy atom. The van der Waals surface area contributed by atoms with Gasteiger partial charge in [0.15, 0.2) is 0 Å². The van der Waals surface area contributed by atoms with Crippen molar-refractivity contribution in [2.75, 3.05) is 6.54 Å². The molecule has 2 atom stereocenters. The summed E-state index contributed by atoms with van der Waals surface area (Å²) in [6, 6.07) is 0.387. The molecule has 0 aromatic carbocycles. The molecule has 2 heteroatoms. The summed E-state index contributed by atoms with van der Waals surface area (Å²) in [5, 5.41) is 0. The molecule has 0 saturated carbocycles. The summed E-state index contributed by atoms with van der Waals surface area (Å²) in [6.07, 6.45) is 7.30. The SMILES string of the molecule is CCCCC(CCCN)C(N)CC. The van der Waals surface area contributed by atoms with Crippen LogP contribution in [0.2, 0.25) is 0 Å². The molecule has 0 aliphatic carbocycles. The summed E-state index contributed by atoms with van der Waals surface area (Å²) in [5.74, 6) is 0.702. The largest absolute Gasteiger partial charge is 0.330 e. The van der Waals surface area contributed by atoms with Crippen molar-refractivity contribution in [2.24, 2.45) is 17.4 Å². The van der Waals surface area contributed by atoms with E-state index in [-0.39, 0.29) is 0 Å². The molecule has 13 heavy (non-hydrogen) atoms. The molecule has 0 aromatic heterocycles. The van der Waals surface area contributed by atoms with Gasteiger partial charge in [0.05, 0.1) is 0 Å². The Morgan fingerprint density at radius 1 is 1.08 bits per heavy atom. The number of rotatable bonds is 8. The molecule has 0 aliphatic rings. The van der Waals surface area contributed by atoms with Crippen LogP contribution in [0, 0.1) is 5.92 Å². The number of hydrogen-bond donors (Lipinski definition) is 2. The zero-order valence-electron chi connectivity index (χ0n) is 9.26. The van der Waals surface area contributed by atoms with E-state index in [0.29, 0.717) is 12.0 Å². The third-order valence-electron chi connectivity index (χ3n) is 2.78. The van der Waals surface area contributed by atoms with Gasteiger partial charge in [0.25, 0.3) is 0 Å². The maximum absolute atomic E-state index is 6.06. The van der Waals surface area contributed by atoms with Crippen LogP contribution >= 0.6 is 0 Å². The molecule has 0 rings (SSSR count). The predicted octanol–water partition coefficient (Wildman–Crippen LogP) is 2.27. The topological polar surface area (TPSA) is 52.0 Å². The third-order valence-corrected chi connectivity index (χ3v) is 2.78. The number of unbranched alkanes of at least 4 members (excludes halogenated alkanes) is 1. The van der Waals surface area contributed by atoms with E-state index in [4.69, 9.17) is 11.5 Å². The highest BCUT2D eigenvalue weighted by Crippen LogP contribution is 2.19. The van der Waals surface area contributed by atoms with Gasteiger partial charge in [-0.1, -0.05) is 26.7 Å². The van der Waals surface area contributed by atoms with Crippen LogP contribution in [-0.4, -0.2) is 12.6 Å². The quantitative estimate of drug-likeness (QED) is 0.611. The van der Waals surface area contributed by atoms with Crippen LogP contribution in [0.4, 0.5) is 0 Å². The van der Waals surface area contributed by atoms with Crippen molar-refractivity contribution in [2.45, 2.75) is 58.4 Å². The molecule has 0 fully saturated rings. The Morgan fingerprint density at radius 3 is 2.15 bits per heavy atom. The second-order valence-corrected chi connectivity index (χ2v) is 3.91. The molecule has 80 valence electrons. The van der Waals surface area contributed by atoms with Gasteiger partial charge < -0.3 is 11.5 Å². The zero-order valence-corrected chi connectivity index (χ0v) is 9.26. The van der Waals surface area contributed by atoms with E-state index >= 15 is 0 Å². The fraction of sp³-hybridized carbons (Fsp3) is 1.00. The van der Waals surface area contributed by atoms with Gasteiger partial charge in [0, 0.05) is 6.04 Å². The van der Waals surface area contributed by atoms with Gasteiger partial charge in [-0.15, -0.1) is 0 Å². The van der Waals surface area contributed by atoms with Crippen LogP contribution < -0.4 is 11.5 Å². The van der Waals surface area contributed by atoms with Gasteiger partial charge >= 0.3 is 0 Å². The van der Waals surface area contributed by atoms with Crippen LogP contribution in [-0.2, 0) is 0 Å². The molecule has 0 bridgehead atoms. The lowest BCUT2D eigenvalue weighted by atomic mass is 9.89. The summed E-state index contributed by atoms with van der Waals surface area (Å²) in [7, 11) is 0. The zero-order chi connectivity index (χ0) is 10.1. The van der Waals surface area contributed by atoms with Crippen LogP contribution in [0.3, 0.4) is 0 Å². The van der Waals surface area contributed by atoms with E-state index in [0.717, 1.165) is 19.4 Å². The third kappa shape index (κ3) is 6.05. The normalized spacial score (nSPS) is 15.7. The average Bonchev–Trinajstić information content (AvgIpc) is 2.17. The van der Waals surface area contributed by atoms with Crippen LogP contribution in [0.15, 0.2) is 0 Å². The molecule has 2 nitrogen and oxygen atoms in total. The Hall–Kier alpha value is -0.0800. The fourth-order valence-corrected chi connectivity index (χ4v) is 1.75. The predicted molar refractivity (Wildman–Crippen MR) is 59.6 cm³/mol. The van der Waals surface area contributed by atoms with E-state index in [2.05, 4.69) is 13.8 Å². The second kappa shape index (κ2) is 8.52. The summed E-state index contributed by atoms with van der Waals surface area (Å²) in [4.78, 5) is 0. The first kappa shape index (κ1) is 12.9.